The molecule has 2 aromatic rings. The molecule has 0 unspecified atom stereocenters. The molecular formula is C22H31N3O2S. The first kappa shape index (κ1) is 21.0. The maximum atomic E-state index is 12.9. The van der Waals surface area contributed by atoms with E-state index in [2.05, 4.69) is 28.9 Å². The summed E-state index contributed by atoms with van der Waals surface area (Å²) in [5.41, 5.74) is 4.10. The summed E-state index contributed by atoms with van der Waals surface area (Å²) >= 11 is 1.68. The number of hydrogen-bond acceptors (Lipinski definition) is 5. The monoisotopic (exact) mass is 401 g/mol. The van der Waals surface area contributed by atoms with Crippen molar-refractivity contribution in [2.75, 3.05) is 26.7 Å². The smallest absolute Gasteiger partial charge is 0.254 e. The minimum Gasteiger partial charge on any atom is -0.396 e. The van der Waals surface area contributed by atoms with E-state index in [0.29, 0.717) is 6.54 Å². The molecule has 3 heterocycles. The van der Waals surface area contributed by atoms with Crippen LogP contribution in [0.1, 0.15) is 52.8 Å². The van der Waals surface area contributed by atoms with E-state index in [0.717, 1.165) is 43.7 Å². The van der Waals surface area contributed by atoms with E-state index in [1.54, 1.807) is 16.2 Å². The first-order valence-corrected chi connectivity index (χ1v) is 10.8. The van der Waals surface area contributed by atoms with Crippen LogP contribution in [0.5, 0.6) is 0 Å². The Bertz CT molecular complexity index is 814. The zero-order chi connectivity index (χ0) is 20.3. The molecule has 3 rings (SSSR count). The standard InChI is InChI=1S/C22H31N3O2S/c1-5-16-6-7-17(23-10-16)11-25-9-8-18-19(13-28-20(18)12-25)21(27)24(4)14-22(2,3)15-26/h6-7,10,13,26H,5,8-9,11-12,14-15H2,1-4H3. The average molecular weight is 402 g/mol. The molecule has 28 heavy (non-hydrogen) atoms. The largest absolute Gasteiger partial charge is 0.396 e. The van der Waals surface area contributed by atoms with Gasteiger partial charge in [0.25, 0.3) is 5.91 Å². The van der Waals surface area contributed by atoms with Gasteiger partial charge in [0.05, 0.1) is 11.3 Å². The second-order valence-electron chi connectivity index (χ2n) is 8.51. The molecule has 0 aliphatic carbocycles. The van der Waals surface area contributed by atoms with Gasteiger partial charge in [-0.15, -0.1) is 11.3 Å². The third-order valence-electron chi connectivity index (χ3n) is 5.38. The fourth-order valence-corrected chi connectivity index (χ4v) is 4.77. The summed E-state index contributed by atoms with van der Waals surface area (Å²) in [5.74, 6) is 0.0595. The second kappa shape index (κ2) is 8.72. The molecule has 0 fully saturated rings. The number of nitrogens with zero attached hydrogens (tertiary/aromatic N) is 3. The van der Waals surface area contributed by atoms with Gasteiger partial charge in [-0.1, -0.05) is 26.8 Å². The van der Waals surface area contributed by atoms with Gasteiger partial charge in [-0.2, -0.15) is 0 Å². The Morgan fingerprint density at radius 2 is 2.18 bits per heavy atom. The number of carbonyl (C=O) groups excluding carboxylic acids is 1. The van der Waals surface area contributed by atoms with Crippen LogP contribution in [0.15, 0.2) is 23.7 Å². The molecule has 0 radical (unpaired) electrons. The number of aryl methyl sites for hydroxylation is 1. The van der Waals surface area contributed by atoms with Crippen molar-refractivity contribution >= 4 is 17.2 Å². The molecule has 0 saturated carbocycles. The molecule has 152 valence electrons. The summed E-state index contributed by atoms with van der Waals surface area (Å²) in [4.78, 5) is 22.9. The SMILES string of the molecule is CCc1ccc(CN2CCc3c(C(=O)N(C)CC(C)(C)CO)csc3C2)nc1. The van der Waals surface area contributed by atoms with E-state index in [9.17, 15) is 9.90 Å². The molecule has 2 aromatic heterocycles. The van der Waals surface area contributed by atoms with Crippen molar-refractivity contribution in [2.24, 2.45) is 5.41 Å². The molecule has 5 nitrogen and oxygen atoms in total. The molecule has 0 spiro atoms. The van der Waals surface area contributed by atoms with Gasteiger partial charge in [0.2, 0.25) is 0 Å². The molecular weight excluding hydrogens is 370 g/mol. The van der Waals surface area contributed by atoms with Crippen LogP contribution in [0.25, 0.3) is 0 Å². The van der Waals surface area contributed by atoms with Crippen LogP contribution >= 0.6 is 11.3 Å². The van der Waals surface area contributed by atoms with Gasteiger partial charge in [0, 0.05) is 61.7 Å². The lowest BCUT2D eigenvalue weighted by Crippen LogP contribution is -2.38. The fourth-order valence-electron chi connectivity index (χ4n) is 3.65. The first-order valence-electron chi connectivity index (χ1n) is 9.94. The van der Waals surface area contributed by atoms with E-state index in [1.165, 1.54) is 16.0 Å². The number of aliphatic hydroxyl groups excluding tert-OH is 1. The summed E-state index contributed by atoms with van der Waals surface area (Å²) in [7, 11) is 1.82. The minimum atomic E-state index is -0.294. The number of amides is 1. The number of fused-ring (bicyclic) bond motifs is 1. The van der Waals surface area contributed by atoms with Crippen molar-refractivity contribution in [3.8, 4) is 0 Å². The Morgan fingerprint density at radius 3 is 2.82 bits per heavy atom. The highest BCUT2D eigenvalue weighted by Crippen LogP contribution is 2.30. The molecule has 6 heteroatoms. The number of pyridine rings is 1. The molecule has 1 N–H and O–H groups in total. The van der Waals surface area contributed by atoms with Gasteiger partial charge in [-0.3, -0.25) is 14.7 Å². The lowest BCUT2D eigenvalue weighted by atomic mass is 9.94. The van der Waals surface area contributed by atoms with Gasteiger partial charge in [-0.05, 0) is 30.0 Å². The van der Waals surface area contributed by atoms with Gasteiger partial charge in [-0.25, -0.2) is 0 Å². The van der Waals surface area contributed by atoms with E-state index in [1.807, 2.05) is 32.5 Å². The van der Waals surface area contributed by atoms with E-state index in [-0.39, 0.29) is 17.9 Å². The van der Waals surface area contributed by atoms with Gasteiger partial charge >= 0.3 is 0 Å². The van der Waals surface area contributed by atoms with E-state index in [4.69, 9.17) is 0 Å². The Kier molecular flexibility index (Phi) is 6.53. The Labute approximate surface area is 172 Å². The average Bonchev–Trinajstić information content (AvgIpc) is 3.10. The first-order chi connectivity index (χ1) is 13.3. The van der Waals surface area contributed by atoms with Crippen LogP contribution in [-0.2, 0) is 25.9 Å². The lowest BCUT2D eigenvalue weighted by Gasteiger charge is -2.30. The van der Waals surface area contributed by atoms with Crippen molar-refractivity contribution in [2.45, 2.75) is 46.7 Å². The van der Waals surface area contributed by atoms with Crippen molar-refractivity contribution < 1.29 is 9.90 Å². The third kappa shape index (κ3) is 4.80. The molecule has 0 saturated heterocycles. The van der Waals surface area contributed by atoms with Crippen LogP contribution in [0.3, 0.4) is 0 Å². The van der Waals surface area contributed by atoms with Gasteiger partial charge < -0.3 is 10.0 Å². The topological polar surface area (TPSA) is 56.7 Å². The summed E-state index contributed by atoms with van der Waals surface area (Å²) in [6, 6.07) is 4.28. The van der Waals surface area contributed by atoms with Crippen molar-refractivity contribution in [3.05, 3.63) is 51.0 Å². The molecule has 0 bridgehead atoms. The molecule has 1 aliphatic heterocycles. The fraction of sp³-hybridized carbons (Fsp3) is 0.545. The molecule has 0 atom stereocenters. The predicted molar refractivity (Wildman–Crippen MR) is 114 cm³/mol. The van der Waals surface area contributed by atoms with Crippen LogP contribution < -0.4 is 0 Å². The number of aliphatic hydroxyl groups is 1. The highest BCUT2D eigenvalue weighted by molar-refractivity contribution is 7.10. The maximum absolute atomic E-state index is 12.9. The highest BCUT2D eigenvalue weighted by atomic mass is 32.1. The Hall–Kier alpha value is -1.76. The summed E-state index contributed by atoms with van der Waals surface area (Å²) in [6.07, 6.45) is 3.87. The Morgan fingerprint density at radius 1 is 1.39 bits per heavy atom. The van der Waals surface area contributed by atoms with Crippen LogP contribution in [0.2, 0.25) is 0 Å². The van der Waals surface area contributed by atoms with E-state index >= 15 is 0 Å². The number of hydrogen-bond donors (Lipinski definition) is 1. The predicted octanol–water partition coefficient (Wildman–Crippen LogP) is 3.35. The molecule has 1 aliphatic rings. The number of carbonyl (C=O) groups is 1. The highest BCUT2D eigenvalue weighted by Gasteiger charge is 2.28. The maximum Gasteiger partial charge on any atom is 0.254 e. The van der Waals surface area contributed by atoms with Crippen molar-refractivity contribution in [1.29, 1.82) is 0 Å². The lowest BCUT2D eigenvalue weighted by molar-refractivity contribution is 0.0662. The van der Waals surface area contributed by atoms with E-state index < -0.39 is 0 Å². The zero-order valence-corrected chi connectivity index (χ0v) is 18.2. The summed E-state index contributed by atoms with van der Waals surface area (Å²) < 4.78 is 0. The van der Waals surface area contributed by atoms with Crippen molar-refractivity contribution in [1.82, 2.24) is 14.8 Å². The Balaban J connectivity index is 1.66. The zero-order valence-electron chi connectivity index (χ0n) is 17.4. The van der Waals surface area contributed by atoms with Gasteiger partial charge in [0.1, 0.15) is 0 Å². The molecule has 0 aromatic carbocycles. The summed E-state index contributed by atoms with van der Waals surface area (Å²) in [6.45, 7) is 9.34. The van der Waals surface area contributed by atoms with Crippen LogP contribution in [0, 0.1) is 5.41 Å². The molecule has 1 amide bonds. The number of thiophene rings is 1. The number of rotatable bonds is 7. The quantitative estimate of drug-likeness (QED) is 0.773. The minimum absolute atomic E-state index is 0.0595. The normalized spacial score (nSPS) is 14.8. The summed E-state index contributed by atoms with van der Waals surface area (Å²) in [5, 5.41) is 11.5. The van der Waals surface area contributed by atoms with Crippen LogP contribution in [-0.4, -0.2) is 52.5 Å². The second-order valence-corrected chi connectivity index (χ2v) is 9.47. The van der Waals surface area contributed by atoms with Crippen molar-refractivity contribution in [3.63, 3.8) is 0 Å². The van der Waals surface area contributed by atoms with Crippen LogP contribution in [0.4, 0.5) is 0 Å². The number of aromatic nitrogens is 1. The third-order valence-corrected chi connectivity index (χ3v) is 6.39. The van der Waals surface area contributed by atoms with Gasteiger partial charge in [0.15, 0.2) is 0 Å².